The van der Waals surface area contributed by atoms with Gasteiger partial charge in [-0.3, -0.25) is 0 Å². The Morgan fingerprint density at radius 3 is 2.24 bits per heavy atom. The Bertz CT molecular complexity index is 537. The third kappa shape index (κ3) is 2.83. The molecule has 0 atom stereocenters. The second-order valence-electron chi connectivity index (χ2n) is 3.36. The number of rotatable bonds is 2. The van der Waals surface area contributed by atoms with Crippen LogP contribution in [0.3, 0.4) is 0 Å². The Morgan fingerprint density at radius 1 is 1.00 bits per heavy atom. The maximum atomic E-state index is 6.09. The van der Waals surface area contributed by atoms with E-state index >= 15 is 0 Å². The number of nitrogens with zero attached hydrogens (tertiary/aromatic N) is 1. The molecule has 1 aromatic heterocycles. The number of halogens is 3. The molecule has 0 spiro atoms. The monoisotopic (exact) mass is 287 g/mol. The molecule has 0 aliphatic rings. The van der Waals surface area contributed by atoms with Crippen molar-refractivity contribution in [3.8, 4) is 17.0 Å². The molecule has 0 N–H and O–H groups in total. The van der Waals surface area contributed by atoms with E-state index < -0.39 is 0 Å². The first kappa shape index (κ1) is 12.5. The minimum absolute atomic E-state index is 0.487. The van der Waals surface area contributed by atoms with Crippen molar-refractivity contribution in [1.82, 2.24) is 4.98 Å². The van der Waals surface area contributed by atoms with E-state index in [0.29, 0.717) is 20.9 Å². The molecule has 88 valence electrons. The largest absolute Gasteiger partial charge is 0.481 e. The highest BCUT2D eigenvalue weighted by atomic mass is 35.5. The summed E-state index contributed by atoms with van der Waals surface area (Å²) in [6.45, 7) is 0. The fourth-order valence-corrected chi connectivity index (χ4v) is 2.20. The first-order chi connectivity index (χ1) is 8.10. The van der Waals surface area contributed by atoms with Crippen molar-refractivity contribution >= 4 is 34.8 Å². The van der Waals surface area contributed by atoms with E-state index in [1.807, 2.05) is 0 Å². The minimum Gasteiger partial charge on any atom is -0.481 e. The van der Waals surface area contributed by atoms with Crippen molar-refractivity contribution in [2.75, 3.05) is 7.11 Å². The van der Waals surface area contributed by atoms with E-state index in [9.17, 15) is 0 Å². The summed E-state index contributed by atoms with van der Waals surface area (Å²) in [5.74, 6) is 0.487. The van der Waals surface area contributed by atoms with E-state index in [1.54, 1.807) is 31.4 Å². The third-order valence-electron chi connectivity index (χ3n) is 2.21. The molecule has 0 aliphatic carbocycles. The number of benzene rings is 1. The number of aromatic nitrogens is 1. The molecule has 2 nitrogen and oxygen atoms in total. The molecule has 0 bridgehead atoms. The van der Waals surface area contributed by atoms with Gasteiger partial charge in [0.05, 0.1) is 18.3 Å². The van der Waals surface area contributed by atoms with Crippen LogP contribution in [0, 0.1) is 0 Å². The van der Waals surface area contributed by atoms with E-state index in [0.717, 1.165) is 11.1 Å². The number of hydrogen-bond donors (Lipinski definition) is 0. The van der Waals surface area contributed by atoms with Gasteiger partial charge in [0, 0.05) is 21.7 Å². The van der Waals surface area contributed by atoms with Gasteiger partial charge >= 0.3 is 0 Å². The summed E-state index contributed by atoms with van der Waals surface area (Å²) >= 11 is 18.0. The van der Waals surface area contributed by atoms with Crippen LogP contribution < -0.4 is 4.74 Å². The number of methoxy groups -OCH3 is 1. The smallest absolute Gasteiger partial charge is 0.213 e. The molecule has 5 heteroatoms. The van der Waals surface area contributed by atoms with E-state index in [-0.39, 0.29) is 0 Å². The van der Waals surface area contributed by atoms with Crippen molar-refractivity contribution in [3.05, 3.63) is 45.5 Å². The van der Waals surface area contributed by atoms with Crippen molar-refractivity contribution in [2.45, 2.75) is 0 Å². The first-order valence-corrected chi connectivity index (χ1v) is 5.89. The maximum absolute atomic E-state index is 6.09. The van der Waals surface area contributed by atoms with Gasteiger partial charge in [0.2, 0.25) is 5.88 Å². The zero-order chi connectivity index (χ0) is 12.4. The molecular weight excluding hydrogens is 280 g/mol. The van der Waals surface area contributed by atoms with Crippen LogP contribution in [0.5, 0.6) is 5.88 Å². The average molecular weight is 289 g/mol. The van der Waals surface area contributed by atoms with Crippen LogP contribution >= 0.6 is 34.8 Å². The van der Waals surface area contributed by atoms with Gasteiger partial charge in [-0.15, -0.1) is 0 Å². The highest BCUT2D eigenvalue weighted by Crippen LogP contribution is 2.33. The number of ether oxygens (including phenoxy) is 1. The summed E-state index contributed by atoms with van der Waals surface area (Å²) < 4.78 is 5.06. The summed E-state index contributed by atoms with van der Waals surface area (Å²) in [6, 6.07) is 6.98. The lowest BCUT2D eigenvalue weighted by atomic mass is 10.1. The quantitative estimate of drug-likeness (QED) is 0.798. The molecule has 0 fully saturated rings. The zero-order valence-corrected chi connectivity index (χ0v) is 11.1. The van der Waals surface area contributed by atoms with Gasteiger partial charge < -0.3 is 4.74 Å². The Balaban J connectivity index is 2.58. The lowest BCUT2D eigenvalue weighted by Gasteiger charge is -2.07. The molecule has 17 heavy (non-hydrogen) atoms. The van der Waals surface area contributed by atoms with Gasteiger partial charge in [-0.2, -0.15) is 0 Å². The topological polar surface area (TPSA) is 22.1 Å². The Kier molecular flexibility index (Phi) is 3.77. The zero-order valence-electron chi connectivity index (χ0n) is 8.88. The van der Waals surface area contributed by atoms with Crippen LogP contribution in [0.4, 0.5) is 0 Å². The molecule has 0 saturated carbocycles. The second kappa shape index (κ2) is 5.13. The molecule has 0 amide bonds. The minimum atomic E-state index is 0.487. The Hall–Kier alpha value is -0.960. The normalized spacial score (nSPS) is 10.4. The van der Waals surface area contributed by atoms with Gasteiger partial charge in [-0.25, -0.2) is 4.98 Å². The van der Waals surface area contributed by atoms with Crippen LogP contribution in [0.25, 0.3) is 11.1 Å². The van der Waals surface area contributed by atoms with Crippen LogP contribution in [0.2, 0.25) is 15.1 Å². The summed E-state index contributed by atoms with van der Waals surface area (Å²) in [5.41, 5.74) is 1.61. The average Bonchev–Trinajstić information content (AvgIpc) is 2.28. The van der Waals surface area contributed by atoms with Crippen LogP contribution in [-0.4, -0.2) is 12.1 Å². The van der Waals surface area contributed by atoms with Gasteiger partial charge in [-0.05, 0) is 23.8 Å². The predicted molar refractivity (Wildman–Crippen MR) is 71.3 cm³/mol. The van der Waals surface area contributed by atoms with Gasteiger partial charge in [0.1, 0.15) is 0 Å². The Labute approximate surface area is 114 Å². The summed E-state index contributed by atoms with van der Waals surface area (Å²) in [7, 11) is 1.55. The van der Waals surface area contributed by atoms with E-state index in [1.165, 1.54) is 6.20 Å². The highest BCUT2D eigenvalue weighted by molar-refractivity contribution is 6.36. The summed E-state index contributed by atoms with van der Waals surface area (Å²) in [4.78, 5) is 4.01. The van der Waals surface area contributed by atoms with Crippen molar-refractivity contribution < 1.29 is 4.74 Å². The van der Waals surface area contributed by atoms with Gasteiger partial charge in [0.25, 0.3) is 0 Å². The SMILES string of the molecule is COc1cc(-c2cc(Cl)cc(Cl)c2)c(Cl)cn1. The van der Waals surface area contributed by atoms with Gasteiger partial charge in [-0.1, -0.05) is 34.8 Å². The summed E-state index contributed by atoms with van der Waals surface area (Å²) in [6.07, 6.45) is 1.53. The second-order valence-corrected chi connectivity index (χ2v) is 4.64. The molecule has 0 saturated heterocycles. The molecule has 0 radical (unpaired) electrons. The molecular formula is C12H8Cl3NO. The molecule has 2 rings (SSSR count). The van der Waals surface area contributed by atoms with Crippen molar-refractivity contribution in [1.29, 1.82) is 0 Å². The predicted octanol–water partition coefficient (Wildman–Crippen LogP) is 4.72. The number of pyridine rings is 1. The number of hydrogen-bond acceptors (Lipinski definition) is 2. The first-order valence-electron chi connectivity index (χ1n) is 4.76. The molecule has 0 unspecified atom stereocenters. The molecule has 1 heterocycles. The molecule has 0 aliphatic heterocycles. The molecule has 2 aromatic rings. The van der Waals surface area contributed by atoms with Gasteiger partial charge in [0.15, 0.2) is 0 Å². The third-order valence-corrected chi connectivity index (χ3v) is 2.95. The fraction of sp³-hybridized carbons (Fsp3) is 0.0833. The van der Waals surface area contributed by atoms with E-state index in [4.69, 9.17) is 39.5 Å². The van der Waals surface area contributed by atoms with E-state index in [2.05, 4.69) is 4.98 Å². The lowest BCUT2D eigenvalue weighted by Crippen LogP contribution is -1.89. The van der Waals surface area contributed by atoms with Crippen molar-refractivity contribution in [3.63, 3.8) is 0 Å². The summed E-state index contributed by atoms with van der Waals surface area (Å²) in [5, 5.41) is 1.63. The standard InChI is InChI=1S/C12H8Cl3NO/c1-17-12-5-10(11(15)6-16-12)7-2-8(13)4-9(14)3-7/h2-6H,1H3. The fourth-order valence-electron chi connectivity index (χ4n) is 1.46. The van der Waals surface area contributed by atoms with Crippen LogP contribution in [-0.2, 0) is 0 Å². The highest BCUT2D eigenvalue weighted by Gasteiger charge is 2.08. The van der Waals surface area contributed by atoms with Crippen molar-refractivity contribution in [2.24, 2.45) is 0 Å². The maximum Gasteiger partial charge on any atom is 0.213 e. The molecule has 1 aromatic carbocycles. The van der Waals surface area contributed by atoms with Crippen LogP contribution in [0.1, 0.15) is 0 Å². The van der Waals surface area contributed by atoms with Crippen LogP contribution in [0.15, 0.2) is 30.5 Å². The Morgan fingerprint density at radius 2 is 1.65 bits per heavy atom. The lowest BCUT2D eigenvalue weighted by molar-refractivity contribution is 0.398.